The van der Waals surface area contributed by atoms with E-state index >= 15 is 0 Å². The molecule has 0 unspecified atom stereocenters. The van der Waals surface area contributed by atoms with Crippen molar-refractivity contribution in [2.24, 2.45) is 0 Å². The zero-order chi connectivity index (χ0) is 18.9. The lowest BCUT2D eigenvalue weighted by molar-refractivity contribution is 0.174. The van der Waals surface area contributed by atoms with Crippen LogP contribution in [0.3, 0.4) is 0 Å². The van der Waals surface area contributed by atoms with Gasteiger partial charge in [-0.2, -0.15) is 0 Å². The van der Waals surface area contributed by atoms with Gasteiger partial charge in [0.15, 0.2) is 11.5 Å². The molecule has 0 saturated carbocycles. The number of hydrogen-bond acceptors (Lipinski definition) is 6. The Hall–Kier alpha value is -3.26. The number of aryl methyl sites for hydroxylation is 1. The van der Waals surface area contributed by atoms with E-state index in [1.807, 2.05) is 25.1 Å². The van der Waals surface area contributed by atoms with E-state index in [1.165, 1.54) is 6.20 Å². The molecule has 138 valence electrons. The molecule has 2 aromatic carbocycles. The van der Waals surface area contributed by atoms with E-state index in [0.717, 1.165) is 11.3 Å². The zero-order valence-electron chi connectivity index (χ0n) is 14.5. The second kappa shape index (κ2) is 6.81. The lowest BCUT2D eigenvalue weighted by Crippen LogP contribution is -2.13. The summed E-state index contributed by atoms with van der Waals surface area (Å²) < 4.78 is 38.0. The largest absolute Gasteiger partial charge is 0.454 e. The smallest absolute Gasteiger partial charge is 0.261 e. The first-order chi connectivity index (χ1) is 13.0. The second-order valence-electron chi connectivity index (χ2n) is 6.04. The molecular formula is C19H17N3O4S. The number of pyridine rings is 1. The van der Waals surface area contributed by atoms with E-state index in [1.54, 1.807) is 36.4 Å². The van der Waals surface area contributed by atoms with Crippen molar-refractivity contribution in [3.05, 3.63) is 66.4 Å². The summed E-state index contributed by atoms with van der Waals surface area (Å²) in [5, 5.41) is 3.14. The van der Waals surface area contributed by atoms with Gasteiger partial charge < -0.3 is 14.8 Å². The fourth-order valence-corrected chi connectivity index (χ4v) is 3.63. The number of hydrogen-bond donors (Lipinski definition) is 2. The Kier molecular flexibility index (Phi) is 4.33. The van der Waals surface area contributed by atoms with Gasteiger partial charge in [0, 0.05) is 11.8 Å². The maximum atomic E-state index is 12.4. The van der Waals surface area contributed by atoms with Crippen LogP contribution in [0, 0.1) is 6.92 Å². The van der Waals surface area contributed by atoms with Crippen LogP contribution in [0.15, 0.2) is 65.7 Å². The molecular weight excluding hydrogens is 366 g/mol. The highest BCUT2D eigenvalue weighted by Crippen LogP contribution is 2.35. The lowest BCUT2D eigenvalue weighted by Gasteiger charge is -2.10. The molecule has 0 atom stereocenters. The molecule has 0 aliphatic carbocycles. The van der Waals surface area contributed by atoms with Gasteiger partial charge in [0.2, 0.25) is 6.79 Å². The van der Waals surface area contributed by atoms with E-state index < -0.39 is 10.0 Å². The summed E-state index contributed by atoms with van der Waals surface area (Å²) >= 11 is 0. The average Bonchev–Trinajstić information content (AvgIpc) is 3.11. The van der Waals surface area contributed by atoms with Crippen LogP contribution in [-0.4, -0.2) is 20.2 Å². The molecule has 0 amide bonds. The molecule has 8 heteroatoms. The van der Waals surface area contributed by atoms with Crippen molar-refractivity contribution < 1.29 is 17.9 Å². The molecule has 0 fully saturated rings. The number of benzene rings is 2. The first-order valence-corrected chi connectivity index (χ1v) is 9.70. The normalized spacial score (nSPS) is 12.6. The molecule has 27 heavy (non-hydrogen) atoms. The van der Waals surface area contributed by atoms with Crippen molar-refractivity contribution in [3.8, 4) is 11.5 Å². The molecule has 3 aromatic rings. The van der Waals surface area contributed by atoms with E-state index in [4.69, 9.17) is 9.47 Å². The van der Waals surface area contributed by atoms with Gasteiger partial charge in [-0.05, 0) is 43.3 Å². The third-order valence-corrected chi connectivity index (χ3v) is 5.39. The number of aromatic nitrogens is 1. The van der Waals surface area contributed by atoms with Crippen molar-refractivity contribution in [1.82, 2.24) is 4.98 Å². The Morgan fingerprint density at radius 2 is 1.67 bits per heavy atom. The van der Waals surface area contributed by atoms with Gasteiger partial charge in [0.1, 0.15) is 5.82 Å². The minimum absolute atomic E-state index is 0.204. The molecule has 0 spiro atoms. The molecule has 1 aromatic heterocycles. The van der Waals surface area contributed by atoms with Crippen molar-refractivity contribution >= 4 is 27.2 Å². The Morgan fingerprint density at radius 3 is 2.41 bits per heavy atom. The number of nitrogens with zero attached hydrogens (tertiary/aromatic N) is 1. The van der Waals surface area contributed by atoms with Gasteiger partial charge in [-0.3, -0.25) is 4.72 Å². The van der Waals surface area contributed by atoms with Crippen LogP contribution in [0.2, 0.25) is 0 Å². The molecule has 0 bridgehead atoms. The van der Waals surface area contributed by atoms with Gasteiger partial charge in [-0.25, -0.2) is 13.4 Å². The molecule has 0 radical (unpaired) electrons. The fraction of sp³-hybridized carbons (Fsp3) is 0.105. The highest BCUT2D eigenvalue weighted by molar-refractivity contribution is 7.92. The summed E-state index contributed by atoms with van der Waals surface area (Å²) in [4.78, 5) is 4.45. The van der Waals surface area contributed by atoms with Crippen molar-refractivity contribution in [2.45, 2.75) is 11.8 Å². The molecule has 7 nitrogen and oxygen atoms in total. The number of sulfonamides is 1. The van der Waals surface area contributed by atoms with Crippen LogP contribution in [0.5, 0.6) is 11.5 Å². The van der Waals surface area contributed by atoms with Gasteiger partial charge >= 0.3 is 0 Å². The number of ether oxygens (including phenoxy) is 2. The quantitative estimate of drug-likeness (QED) is 0.699. The third-order valence-electron chi connectivity index (χ3n) is 3.99. The maximum Gasteiger partial charge on any atom is 0.261 e. The van der Waals surface area contributed by atoms with E-state index in [2.05, 4.69) is 15.0 Å². The Morgan fingerprint density at radius 1 is 0.926 bits per heavy atom. The molecule has 0 saturated heterocycles. The Labute approximate surface area is 157 Å². The van der Waals surface area contributed by atoms with E-state index in [0.29, 0.717) is 23.0 Å². The van der Waals surface area contributed by atoms with Crippen LogP contribution in [0.4, 0.5) is 17.2 Å². The minimum atomic E-state index is -3.65. The van der Waals surface area contributed by atoms with Gasteiger partial charge in [-0.15, -0.1) is 0 Å². The molecule has 2 N–H and O–H groups in total. The minimum Gasteiger partial charge on any atom is -0.454 e. The number of anilines is 3. The van der Waals surface area contributed by atoms with E-state index in [9.17, 15) is 8.42 Å². The number of nitrogens with one attached hydrogen (secondary N) is 2. The summed E-state index contributed by atoms with van der Waals surface area (Å²) in [7, 11) is -3.65. The van der Waals surface area contributed by atoms with Crippen LogP contribution >= 0.6 is 0 Å². The maximum absolute atomic E-state index is 12.4. The van der Waals surface area contributed by atoms with Gasteiger partial charge in [0.25, 0.3) is 10.0 Å². The van der Waals surface area contributed by atoms with Crippen molar-refractivity contribution in [2.75, 3.05) is 16.8 Å². The van der Waals surface area contributed by atoms with Gasteiger partial charge in [-0.1, -0.05) is 17.7 Å². The molecule has 2 heterocycles. The highest BCUT2D eigenvalue weighted by Gasteiger charge is 2.15. The van der Waals surface area contributed by atoms with Crippen LogP contribution in [0.25, 0.3) is 0 Å². The Bertz CT molecular complexity index is 1070. The summed E-state index contributed by atoms with van der Waals surface area (Å²) in [5.74, 6) is 1.95. The van der Waals surface area contributed by atoms with Crippen molar-refractivity contribution in [1.29, 1.82) is 0 Å². The lowest BCUT2D eigenvalue weighted by atomic mass is 10.2. The topological polar surface area (TPSA) is 89.6 Å². The zero-order valence-corrected chi connectivity index (χ0v) is 15.3. The summed E-state index contributed by atoms with van der Waals surface area (Å²) in [6.07, 6.45) is 1.46. The standard InChI is InChI=1S/C19H17N3O4S/c1-13-2-6-16(7-3-13)27(23,24)22-15-5-9-19(20-11-15)21-14-4-8-17-18(10-14)26-12-25-17/h2-11,22H,12H2,1H3,(H,20,21). The van der Waals surface area contributed by atoms with Crippen molar-refractivity contribution in [3.63, 3.8) is 0 Å². The average molecular weight is 383 g/mol. The molecule has 1 aliphatic heterocycles. The van der Waals surface area contributed by atoms with Crippen LogP contribution < -0.4 is 19.5 Å². The summed E-state index contributed by atoms with van der Waals surface area (Å²) in [6.45, 7) is 2.12. The predicted octanol–water partition coefficient (Wildman–Crippen LogP) is 3.66. The van der Waals surface area contributed by atoms with E-state index in [-0.39, 0.29) is 11.7 Å². The first kappa shape index (κ1) is 17.2. The van der Waals surface area contributed by atoms with Crippen LogP contribution in [0.1, 0.15) is 5.56 Å². The predicted molar refractivity (Wildman–Crippen MR) is 102 cm³/mol. The second-order valence-corrected chi connectivity index (χ2v) is 7.73. The first-order valence-electron chi connectivity index (χ1n) is 8.22. The third kappa shape index (κ3) is 3.80. The molecule has 4 rings (SSSR count). The van der Waals surface area contributed by atoms with Crippen LogP contribution in [-0.2, 0) is 10.0 Å². The summed E-state index contributed by atoms with van der Waals surface area (Å²) in [5.41, 5.74) is 2.17. The fourth-order valence-electron chi connectivity index (χ4n) is 2.58. The highest BCUT2D eigenvalue weighted by atomic mass is 32.2. The summed E-state index contributed by atoms with van der Waals surface area (Å²) in [6, 6.07) is 15.5. The SMILES string of the molecule is Cc1ccc(S(=O)(=O)Nc2ccc(Nc3ccc4c(c3)OCO4)nc2)cc1. The van der Waals surface area contributed by atoms with Gasteiger partial charge in [0.05, 0.1) is 16.8 Å². The monoisotopic (exact) mass is 383 g/mol. The number of fused-ring (bicyclic) bond motifs is 1. The number of rotatable bonds is 5. The Balaban J connectivity index is 1.46. The molecule has 1 aliphatic rings.